The highest BCUT2D eigenvalue weighted by atomic mass is 19.1. The van der Waals surface area contributed by atoms with Crippen molar-refractivity contribution in [2.75, 3.05) is 22.5 Å². The van der Waals surface area contributed by atoms with Gasteiger partial charge in [0.15, 0.2) is 5.82 Å². The second kappa shape index (κ2) is 10.3. The van der Waals surface area contributed by atoms with E-state index < -0.39 is 18.3 Å². The van der Waals surface area contributed by atoms with Gasteiger partial charge in [-0.3, -0.25) is 4.79 Å². The highest BCUT2D eigenvalue weighted by molar-refractivity contribution is 6.09. The molecule has 3 heterocycles. The monoisotopic (exact) mass is 562 g/mol. The fourth-order valence-electron chi connectivity index (χ4n) is 5.48. The van der Waals surface area contributed by atoms with Crippen molar-refractivity contribution in [3.8, 4) is 17.1 Å². The summed E-state index contributed by atoms with van der Waals surface area (Å²) in [5.74, 6) is -0.155. The summed E-state index contributed by atoms with van der Waals surface area (Å²) in [4.78, 5) is 28.2. The van der Waals surface area contributed by atoms with Gasteiger partial charge in [-0.05, 0) is 60.6 Å². The number of carbonyl (C=O) groups is 1. The van der Waals surface area contributed by atoms with E-state index >= 15 is 4.39 Å². The number of amides is 1. The Balaban J connectivity index is 1.20. The predicted molar refractivity (Wildman–Crippen MR) is 156 cm³/mol. The van der Waals surface area contributed by atoms with E-state index in [9.17, 15) is 9.90 Å². The maximum Gasteiger partial charge on any atom is 0.261 e. The number of hydrogen-bond donors (Lipinski definition) is 3. The van der Waals surface area contributed by atoms with Gasteiger partial charge in [0.2, 0.25) is 11.9 Å². The Morgan fingerprint density at radius 3 is 2.67 bits per heavy atom. The third-order valence-electron chi connectivity index (χ3n) is 7.66. The van der Waals surface area contributed by atoms with Gasteiger partial charge >= 0.3 is 0 Å². The Morgan fingerprint density at radius 1 is 1.05 bits per heavy atom. The highest BCUT2D eigenvalue weighted by Gasteiger charge is 2.33. The first-order valence-corrected chi connectivity index (χ1v) is 13.7. The van der Waals surface area contributed by atoms with Crippen molar-refractivity contribution in [1.82, 2.24) is 24.7 Å². The summed E-state index contributed by atoms with van der Waals surface area (Å²) in [5, 5.41) is 18.0. The molecule has 11 heteroatoms. The van der Waals surface area contributed by atoms with Gasteiger partial charge in [0.05, 0.1) is 41.6 Å². The molecular weight excluding hydrogens is 535 g/mol. The van der Waals surface area contributed by atoms with Crippen LogP contribution in [0.15, 0.2) is 73.1 Å². The van der Waals surface area contributed by atoms with Gasteiger partial charge in [-0.1, -0.05) is 36.4 Å². The summed E-state index contributed by atoms with van der Waals surface area (Å²) in [5.41, 5.74) is 10.8. The third-order valence-corrected chi connectivity index (χ3v) is 7.66. The van der Waals surface area contributed by atoms with E-state index in [0.29, 0.717) is 41.4 Å². The number of nitrogen functional groups attached to an aromatic ring is 1. The normalized spacial score (nSPS) is 14.6. The number of nitrogens with two attached hydrogens (primary N) is 1. The minimum Gasteiger partial charge on any atom is -0.392 e. The van der Waals surface area contributed by atoms with E-state index in [-0.39, 0.29) is 23.3 Å². The first kappa shape index (κ1) is 25.8. The van der Waals surface area contributed by atoms with Crippen molar-refractivity contribution in [1.29, 1.82) is 0 Å². The van der Waals surface area contributed by atoms with Crippen LogP contribution in [-0.4, -0.2) is 42.3 Å². The summed E-state index contributed by atoms with van der Waals surface area (Å²) in [6, 6.07) is 18.3. The maximum absolute atomic E-state index is 15.2. The van der Waals surface area contributed by atoms with E-state index in [1.165, 1.54) is 11.0 Å². The first-order valence-electron chi connectivity index (χ1n) is 13.7. The van der Waals surface area contributed by atoms with Gasteiger partial charge in [0.25, 0.3) is 5.91 Å². The lowest BCUT2D eigenvalue weighted by Crippen LogP contribution is -2.39. The van der Waals surface area contributed by atoms with Crippen LogP contribution in [0.25, 0.3) is 17.1 Å². The van der Waals surface area contributed by atoms with Crippen molar-refractivity contribution >= 4 is 29.2 Å². The van der Waals surface area contributed by atoms with Crippen LogP contribution in [0.2, 0.25) is 0 Å². The zero-order valence-corrected chi connectivity index (χ0v) is 22.5. The van der Waals surface area contributed by atoms with Crippen molar-refractivity contribution < 1.29 is 14.3 Å². The molecule has 1 amide bonds. The molecule has 42 heavy (non-hydrogen) atoms. The smallest absolute Gasteiger partial charge is 0.261 e. The maximum atomic E-state index is 15.2. The quantitative estimate of drug-likeness (QED) is 0.258. The lowest BCUT2D eigenvalue weighted by Gasteiger charge is -2.31. The summed E-state index contributed by atoms with van der Waals surface area (Å²) in [6.45, 7) is -0.0448. The largest absolute Gasteiger partial charge is 0.392 e. The number of nitrogens with zero attached hydrogens (tertiary/aromatic N) is 6. The molecule has 0 unspecified atom stereocenters. The number of hydrogen-bond acceptors (Lipinski definition) is 8. The second-order valence-electron chi connectivity index (χ2n) is 10.5. The number of aliphatic hydroxyl groups excluding tert-OH is 1. The fraction of sp³-hybridized carbons (Fsp3) is 0.194. The van der Waals surface area contributed by atoms with Crippen molar-refractivity contribution in [3.05, 3.63) is 101 Å². The molecule has 0 saturated heterocycles. The third kappa shape index (κ3) is 4.73. The zero-order valence-electron chi connectivity index (χ0n) is 22.5. The number of anilines is 4. The van der Waals surface area contributed by atoms with E-state index in [4.69, 9.17) is 5.73 Å². The second-order valence-corrected chi connectivity index (χ2v) is 10.5. The topological polar surface area (TPSA) is 135 Å². The molecule has 1 aliphatic heterocycles. The number of para-hydroxylation sites is 1. The van der Waals surface area contributed by atoms with Gasteiger partial charge in [-0.15, -0.1) is 0 Å². The standard InChI is InChI=1S/C31H27FN8O2/c32-25-14-20(18-9-10-18)13-19-11-12-39(29(42)27(19)25)26-8-4-7-23(24(26)17-41)28-36-30(33)38-31(37-28)35-21-15-34-40(16-21)22-5-2-1-3-6-22/h1-8,13-16,18,41H,9-12,17H2,(H3,33,35,36,37,38). The Kier molecular flexibility index (Phi) is 6.35. The van der Waals surface area contributed by atoms with Crippen LogP contribution >= 0.6 is 0 Å². The number of nitrogens with one attached hydrogen (secondary N) is 1. The Labute approximate surface area is 240 Å². The summed E-state index contributed by atoms with van der Waals surface area (Å²) in [7, 11) is 0. The molecule has 7 rings (SSSR count). The van der Waals surface area contributed by atoms with Crippen molar-refractivity contribution in [2.45, 2.75) is 31.8 Å². The fourth-order valence-corrected chi connectivity index (χ4v) is 5.48. The van der Waals surface area contributed by atoms with Crippen molar-refractivity contribution in [3.63, 3.8) is 0 Å². The number of rotatable bonds is 7. The van der Waals surface area contributed by atoms with Gasteiger partial charge < -0.3 is 21.1 Å². The number of aliphatic hydroxyl groups is 1. The molecule has 1 saturated carbocycles. The van der Waals surface area contributed by atoms with Crippen LogP contribution < -0.4 is 16.0 Å². The molecule has 0 atom stereocenters. The molecule has 0 bridgehead atoms. The summed E-state index contributed by atoms with van der Waals surface area (Å²) < 4.78 is 16.9. The lowest BCUT2D eigenvalue weighted by molar-refractivity contribution is 0.0976. The first-order chi connectivity index (χ1) is 20.5. The van der Waals surface area contributed by atoms with Gasteiger partial charge in [0.1, 0.15) is 5.82 Å². The molecule has 3 aromatic carbocycles. The van der Waals surface area contributed by atoms with Gasteiger partial charge in [-0.2, -0.15) is 20.1 Å². The SMILES string of the molecule is Nc1nc(Nc2cnn(-c3ccccc3)c2)nc(-c2cccc(N3CCc4cc(C5CC5)cc(F)c4C3=O)c2CO)n1. The average molecular weight is 563 g/mol. The predicted octanol–water partition coefficient (Wildman–Crippen LogP) is 4.76. The molecule has 0 spiro atoms. The lowest BCUT2D eigenvalue weighted by atomic mass is 9.93. The van der Waals surface area contributed by atoms with Crippen LogP contribution in [0.1, 0.15) is 45.8 Å². The summed E-state index contributed by atoms with van der Waals surface area (Å²) >= 11 is 0. The van der Waals surface area contributed by atoms with Crippen LogP contribution in [0.4, 0.5) is 27.7 Å². The van der Waals surface area contributed by atoms with E-state index in [0.717, 1.165) is 29.7 Å². The molecule has 4 N–H and O–H groups in total. The minimum absolute atomic E-state index is 0.0243. The Bertz CT molecular complexity index is 1820. The van der Waals surface area contributed by atoms with E-state index in [2.05, 4.69) is 25.4 Å². The van der Waals surface area contributed by atoms with Gasteiger partial charge in [-0.25, -0.2) is 9.07 Å². The molecule has 10 nitrogen and oxygen atoms in total. The molecule has 2 aliphatic rings. The van der Waals surface area contributed by atoms with Crippen LogP contribution in [-0.2, 0) is 13.0 Å². The molecule has 0 radical (unpaired) electrons. The van der Waals surface area contributed by atoms with Crippen molar-refractivity contribution in [2.24, 2.45) is 0 Å². The number of carbonyl (C=O) groups excluding carboxylic acids is 1. The van der Waals surface area contributed by atoms with Crippen LogP contribution in [0.5, 0.6) is 0 Å². The summed E-state index contributed by atoms with van der Waals surface area (Å²) in [6.07, 6.45) is 6.06. The number of benzene rings is 3. The zero-order chi connectivity index (χ0) is 28.8. The van der Waals surface area contributed by atoms with E-state index in [1.807, 2.05) is 36.4 Å². The van der Waals surface area contributed by atoms with Gasteiger partial charge in [0, 0.05) is 17.7 Å². The average Bonchev–Trinajstić information content (AvgIpc) is 3.75. The van der Waals surface area contributed by atoms with Crippen LogP contribution in [0, 0.1) is 5.82 Å². The molecule has 1 fully saturated rings. The molecule has 5 aromatic rings. The Morgan fingerprint density at radius 2 is 1.88 bits per heavy atom. The Hall–Kier alpha value is -5.16. The molecule has 1 aliphatic carbocycles. The number of halogens is 1. The molecule has 2 aromatic heterocycles. The number of aromatic nitrogens is 5. The minimum atomic E-state index is -0.498. The van der Waals surface area contributed by atoms with E-state index in [1.54, 1.807) is 35.3 Å². The van der Waals surface area contributed by atoms with Crippen LogP contribution in [0.3, 0.4) is 0 Å². The number of fused-ring (bicyclic) bond motifs is 1. The molecule has 210 valence electrons. The highest BCUT2D eigenvalue weighted by Crippen LogP contribution is 2.42. The molecular formula is C31H27FN8O2.